The lowest BCUT2D eigenvalue weighted by atomic mass is 10.0. The summed E-state index contributed by atoms with van der Waals surface area (Å²) in [5, 5.41) is 8.65. The molecule has 3 rings (SSSR count). The van der Waals surface area contributed by atoms with Gasteiger partial charge in [0.05, 0.1) is 12.7 Å². The van der Waals surface area contributed by atoms with Crippen molar-refractivity contribution in [2.24, 2.45) is 5.73 Å². The largest absolute Gasteiger partial charge is 0.490 e. The molecule has 0 fully saturated rings. The Morgan fingerprint density at radius 2 is 1.53 bits per heavy atom. The number of methoxy groups -OCH3 is 1. The molecule has 7 nitrogen and oxygen atoms in total. The number of carboxylic acid groups (broad SMARTS) is 1. The molecule has 0 aromatic heterocycles. The minimum atomic E-state index is -5.08. The number of fused-ring (bicyclic) bond motifs is 1. The molecule has 0 aliphatic rings. The van der Waals surface area contributed by atoms with Gasteiger partial charge < -0.3 is 20.3 Å². The number of nitrogens with two attached hydrogens (primary N) is 1. The zero-order valence-electron chi connectivity index (χ0n) is 16.7. The van der Waals surface area contributed by atoms with Gasteiger partial charge in [0.25, 0.3) is 0 Å². The molecule has 0 bridgehead atoms. The molecular formula is C22H18F3NO6. The fourth-order valence-corrected chi connectivity index (χ4v) is 2.58. The maximum absolute atomic E-state index is 12.4. The number of esters is 2. The molecule has 3 N–H and O–H groups in total. The number of halogens is 3. The molecule has 3 aromatic rings. The lowest BCUT2D eigenvalue weighted by Gasteiger charge is -2.12. The molecule has 0 spiro atoms. The first-order valence-electron chi connectivity index (χ1n) is 8.99. The predicted octanol–water partition coefficient (Wildman–Crippen LogP) is 3.94. The molecule has 0 saturated carbocycles. The number of benzene rings is 3. The molecule has 10 heteroatoms. The van der Waals surface area contributed by atoms with Crippen LogP contribution in [-0.4, -0.2) is 36.3 Å². The molecule has 32 heavy (non-hydrogen) atoms. The number of carbonyl (C=O) groups excluding carboxylic acids is 2. The topological polar surface area (TPSA) is 116 Å². The van der Waals surface area contributed by atoms with E-state index in [1.807, 2.05) is 18.2 Å². The number of rotatable bonds is 4. The summed E-state index contributed by atoms with van der Waals surface area (Å²) in [6.07, 6.45) is -5.08. The number of hydrogen-bond acceptors (Lipinski definition) is 6. The summed E-state index contributed by atoms with van der Waals surface area (Å²) in [4.78, 5) is 33.5. The monoisotopic (exact) mass is 449 g/mol. The Balaban J connectivity index is 0.000000451. The van der Waals surface area contributed by atoms with Gasteiger partial charge in [0.1, 0.15) is 11.3 Å². The first-order valence-corrected chi connectivity index (χ1v) is 8.99. The smallest absolute Gasteiger partial charge is 0.475 e. The van der Waals surface area contributed by atoms with E-state index in [0.717, 1.165) is 10.9 Å². The molecule has 0 amide bonds. The van der Waals surface area contributed by atoms with Gasteiger partial charge in [-0.05, 0) is 34.5 Å². The van der Waals surface area contributed by atoms with Gasteiger partial charge in [0.15, 0.2) is 0 Å². The summed E-state index contributed by atoms with van der Waals surface area (Å²) in [6.45, 7) is 0.395. The average molecular weight is 449 g/mol. The molecule has 168 valence electrons. The molecule has 3 aromatic carbocycles. The zero-order chi connectivity index (χ0) is 23.9. The quantitative estimate of drug-likeness (QED) is 0.458. The third-order valence-electron chi connectivity index (χ3n) is 4.15. The van der Waals surface area contributed by atoms with E-state index in [-0.39, 0.29) is 11.3 Å². The van der Waals surface area contributed by atoms with Crippen molar-refractivity contribution in [1.29, 1.82) is 0 Å². The Labute approximate surface area is 180 Å². The summed E-state index contributed by atoms with van der Waals surface area (Å²) in [5.74, 6) is -3.70. The fraction of sp³-hybridized carbons (Fsp3) is 0.136. The molecular weight excluding hydrogens is 431 g/mol. The minimum absolute atomic E-state index is 0.165. The van der Waals surface area contributed by atoms with Crippen LogP contribution < -0.4 is 10.5 Å². The van der Waals surface area contributed by atoms with Crippen molar-refractivity contribution < 1.29 is 42.1 Å². The fourth-order valence-electron chi connectivity index (χ4n) is 2.58. The Morgan fingerprint density at radius 1 is 0.938 bits per heavy atom. The summed E-state index contributed by atoms with van der Waals surface area (Å²) in [6, 6.07) is 17.5. The first-order chi connectivity index (χ1) is 15.1. The van der Waals surface area contributed by atoms with E-state index in [1.54, 1.807) is 42.5 Å². The van der Waals surface area contributed by atoms with Crippen LogP contribution in [0.5, 0.6) is 5.75 Å². The van der Waals surface area contributed by atoms with Gasteiger partial charge in [-0.3, -0.25) is 0 Å². The van der Waals surface area contributed by atoms with Gasteiger partial charge in [0.2, 0.25) is 0 Å². The zero-order valence-corrected chi connectivity index (χ0v) is 16.7. The maximum atomic E-state index is 12.4. The van der Waals surface area contributed by atoms with Crippen molar-refractivity contribution in [2.75, 3.05) is 7.11 Å². The lowest BCUT2D eigenvalue weighted by molar-refractivity contribution is -0.192. The highest BCUT2D eigenvalue weighted by molar-refractivity contribution is 6.08. The number of aliphatic carboxylic acids is 1. The second kappa shape index (κ2) is 10.4. The van der Waals surface area contributed by atoms with Gasteiger partial charge in [-0.25, -0.2) is 14.4 Å². The van der Waals surface area contributed by atoms with Gasteiger partial charge in [-0.2, -0.15) is 13.2 Å². The molecule has 0 saturated heterocycles. The standard InChI is InChI=1S/C20H17NO4.C2HF3O2/c1-24-20(23)18-16-5-3-2-4-14(16)10-11-17(18)25-19(22)15-8-6-13(12-21)7-9-15;3-2(4,5)1(6)7/h2-11H,12,21H2,1H3;(H,6,7). The Bertz CT molecular complexity index is 1130. The van der Waals surface area contributed by atoms with Crippen LogP contribution in [0, 0.1) is 0 Å². The normalized spacial score (nSPS) is 10.7. The number of carbonyl (C=O) groups is 3. The van der Waals surface area contributed by atoms with Crippen molar-refractivity contribution in [1.82, 2.24) is 0 Å². The highest BCUT2D eigenvalue weighted by atomic mass is 19.4. The second-order valence-electron chi connectivity index (χ2n) is 6.24. The highest BCUT2D eigenvalue weighted by Gasteiger charge is 2.38. The molecule has 0 atom stereocenters. The third-order valence-corrected chi connectivity index (χ3v) is 4.15. The van der Waals surface area contributed by atoms with Crippen molar-refractivity contribution >= 4 is 28.7 Å². The summed E-state index contributed by atoms with van der Waals surface area (Å²) >= 11 is 0. The van der Waals surface area contributed by atoms with Crippen LogP contribution in [-0.2, 0) is 16.1 Å². The Kier molecular flexibility index (Phi) is 7.92. The van der Waals surface area contributed by atoms with Crippen LogP contribution in [0.2, 0.25) is 0 Å². The van der Waals surface area contributed by atoms with Gasteiger partial charge in [0, 0.05) is 6.54 Å². The lowest BCUT2D eigenvalue weighted by Crippen LogP contribution is -2.21. The first kappa shape index (κ1) is 24.4. The second-order valence-corrected chi connectivity index (χ2v) is 6.24. The molecule has 0 unspecified atom stereocenters. The van der Waals surface area contributed by atoms with Crippen LogP contribution in [0.4, 0.5) is 13.2 Å². The maximum Gasteiger partial charge on any atom is 0.490 e. The molecule has 0 heterocycles. The Hall–Kier alpha value is -3.92. The SMILES string of the molecule is COC(=O)c1c(OC(=O)c2ccc(CN)cc2)ccc2ccccc12.O=C(O)C(F)(F)F. The van der Waals surface area contributed by atoms with E-state index in [2.05, 4.69) is 0 Å². The van der Waals surface area contributed by atoms with Crippen molar-refractivity contribution in [3.63, 3.8) is 0 Å². The Morgan fingerprint density at radius 3 is 2.06 bits per heavy atom. The predicted molar refractivity (Wildman–Crippen MR) is 108 cm³/mol. The van der Waals surface area contributed by atoms with Gasteiger partial charge >= 0.3 is 24.1 Å². The number of hydrogen-bond donors (Lipinski definition) is 2. The van der Waals surface area contributed by atoms with Crippen LogP contribution in [0.15, 0.2) is 60.7 Å². The average Bonchev–Trinajstić information content (AvgIpc) is 2.78. The third kappa shape index (κ3) is 6.05. The minimum Gasteiger partial charge on any atom is -0.475 e. The van der Waals surface area contributed by atoms with E-state index < -0.39 is 24.1 Å². The highest BCUT2D eigenvalue weighted by Crippen LogP contribution is 2.29. The van der Waals surface area contributed by atoms with Crippen LogP contribution >= 0.6 is 0 Å². The number of ether oxygens (including phenoxy) is 2. The van der Waals surface area contributed by atoms with E-state index in [9.17, 15) is 22.8 Å². The summed E-state index contributed by atoms with van der Waals surface area (Å²) in [5.41, 5.74) is 7.07. The van der Waals surface area contributed by atoms with Gasteiger partial charge in [-0.1, -0.05) is 42.5 Å². The van der Waals surface area contributed by atoms with Crippen molar-refractivity contribution in [3.05, 3.63) is 77.4 Å². The molecule has 0 aliphatic heterocycles. The summed E-state index contributed by atoms with van der Waals surface area (Å²) < 4.78 is 42.1. The van der Waals surface area contributed by atoms with Gasteiger partial charge in [-0.15, -0.1) is 0 Å². The van der Waals surface area contributed by atoms with Crippen LogP contribution in [0.25, 0.3) is 10.8 Å². The van der Waals surface area contributed by atoms with E-state index >= 15 is 0 Å². The molecule has 0 aliphatic carbocycles. The van der Waals surface area contributed by atoms with E-state index in [1.165, 1.54) is 7.11 Å². The van der Waals surface area contributed by atoms with E-state index in [4.69, 9.17) is 25.1 Å². The van der Waals surface area contributed by atoms with Crippen molar-refractivity contribution in [3.8, 4) is 5.75 Å². The number of carboxylic acids is 1. The van der Waals surface area contributed by atoms with Crippen molar-refractivity contribution in [2.45, 2.75) is 12.7 Å². The van der Waals surface area contributed by atoms with Crippen LogP contribution in [0.1, 0.15) is 26.3 Å². The summed E-state index contributed by atoms with van der Waals surface area (Å²) in [7, 11) is 1.29. The van der Waals surface area contributed by atoms with Crippen LogP contribution in [0.3, 0.4) is 0 Å². The number of alkyl halides is 3. The molecule has 0 radical (unpaired) electrons. The van der Waals surface area contributed by atoms with E-state index in [0.29, 0.717) is 17.5 Å².